The van der Waals surface area contributed by atoms with Crippen LogP contribution in [0.15, 0.2) is 53.4 Å². The van der Waals surface area contributed by atoms with Gasteiger partial charge in [-0.15, -0.1) is 0 Å². The molecule has 0 atom stereocenters. The van der Waals surface area contributed by atoms with Crippen molar-refractivity contribution in [2.75, 3.05) is 11.8 Å². The molecule has 0 aliphatic carbocycles. The molecule has 1 amide bonds. The first-order chi connectivity index (χ1) is 10.5. The summed E-state index contributed by atoms with van der Waals surface area (Å²) >= 11 is 0. The van der Waals surface area contributed by atoms with Crippen LogP contribution in [0.4, 0.5) is 5.69 Å². The van der Waals surface area contributed by atoms with Gasteiger partial charge in [0.05, 0.1) is 12.0 Å². The van der Waals surface area contributed by atoms with E-state index in [2.05, 4.69) is 4.72 Å². The molecular formula is C14H15N3O4S. The summed E-state index contributed by atoms with van der Waals surface area (Å²) in [5.74, 6) is 5.14. The predicted molar refractivity (Wildman–Crippen MR) is 81.9 cm³/mol. The van der Waals surface area contributed by atoms with E-state index in [0.717, 1.165) is 0 Å². The second-order valence-corrected chi connectivity index (χ2v) is 6.01. The molecule has 22 heavy (non-hydrogen) atoms. The molecule has 0 saturated carbocycles. The Kier molecular flexibility index (Phi) is 4.64. The smallest absolute Gasteiger partial charge is 0.265 e. The summed E-state index contributed by atoms with van der Waals surface area (Å²) in [5, 5.41) is 0. The Balaban J connectivity index is 2.20. The van der Waals surface area contributed by atoms with E-state index in [1.54, 1.807) is 24.3 Å². The van der Waals surface area contributed by atoms with Crippen molar-refractivity contribution in [1.29, 1.82) is 0 Å². The van der Waals surface area contributed by atoms with Crippen LogP contribution in [0.1, 0.15) is 10.4 Å². The third-order valence-electron chi connectivity index (χ3n) is 2.90. The highest BCUT2D eigenvalue weighted by atomic mass is 32.2. The zero-order chi connectivity index (χ0) is 16.2. The van der Waals surface area contributed by atoms with Gasteiger partial charge in [-0.2, -0.15) is 0 Å². The van der Waals surface area contributed by atoms with Crippen LogP contribution in [0, 0.1) is 0 Å². The Hall–Kier alpha value is -2.58. The van der Waals surface area contributed by atoms with Gasteiger partial charge in [0.15, 0.2) is 0 Å². The molecule has 0 unspecified atom stereocenters. The van der Waals surface area contributed by atoms with Crippen LogP contribution in [-0.2, 0) is 10.0 Å². The molecule has 0 radical (unpaired) electrons. The Morgan fingerprint density at radius 1 is 1.05 bits per heavy atom. The molecule has 0 fully saturated rings. The number of anilines is 1. The summed E-state index contributed by atoms with van der Waals surface area (Å²) in [4.78, 5) is 11.4. The maximum atomic E-state index is 12.2. The number of ether oxygens (including phenoxy) is 1. The molecule has 4 N–H and O–H groups in total. The van der Waals surface area contributed by atoms with Crippen LogP contribution in [0.3, 0.4) is 0 Å². The number of hydrogen-bond acceptors (Lipinski definition) is 5. The summed E-state index contributed by atoms with van der Waals surface area (Å²) in [6.07, 6.45) is 0. The standard InChI is InChI=1S/C14H15N3O4S/c1-21-12-6-4-11(5-7-12)17-22(19,20)13-8-2-10(3-9-13)14(18)16-15/h2-9,17H,15H2,1H3,(H,16,18). The average molecular weight is 321 g/mol. The van der Waals surface area contributed by atoms with Crippen LogP contribution < -0.4 is 20.7 Å². The van der Waals surface area contributed by atoms with Gasteiger partial charge in [-0.25, -0.2) is 14.3 Å². The van der Waals surface area contributed by atoms with E-state index >= 15 is 0 Å². The molecule has 116 valence electrons. The number of methoxy groups -OCH3 is 1. The largest absolute Gasteiger partial charge is 0.497 e. The number of amides is 1. The Morgan fingerprint density at radius 3 is 2.14 bits per heavy atom. The Morgan fingerprint density at radius 2 is 1.64 bits per heavy atom. The van der Waals surface area contributed by atoms with Crippen molar-refractivity contribution in [2.24, 2.45) is 5.84 Å². The van der Waals surface area contributed by atoms with E-state index in [1.807, 2.05) is 5.43 Å². The lowest BCUT2D eigenvalue weighted by atomic mass is 10.2. The number of carbonyl (C=O) groups is 1. The highest BCUT2D eigenvalue weighted by Gasteiger charge is 2.15. The predicted octanol–water partition coefficient (Wildman–Crippen LogP) is 1.10. The summed E-state index contributed by atoms with van der Waals surface area (Å²) in [7, 11) is -2.21. The van der Waals surface area contributed by atoms with Crippen LogP contribution >= 0.6 is 0 Å². The molecule has 0 bridgehead atoms. The number of nitrogen functional groups attached to an aromatic ring is 1. The van der Waals surface area contributed by atoms with Crippen LogP contribution in [0.2, 0.25) is 0 Å². The van der Waals surface area contributed by atoms with Gasteiger partial charge in [0.2, 0.25) is 0 Å². The lowest BCUT2D eigenvalue weighted by molar-refractivity contribution is 0.0953. The number of nitrogens with two attached hydrogens (primary N) is 1. The summed E-state index contributed by atoms with van der Waals surface area (Å²) in [6, 6.07) is 11.9. The zero-order valence-corrected chi connectivity index (χ0v) is 12.6. The quantitative estimate of drug-likeness (QED) is 0.434. The highest BCUT2D eigenvalue weighted by Crippen LogP contribution is 2.19. The van der Waals surface area contributed by atoms with Gasteiger partial charge in [0.25, 0.3) is 15.9 Å². The van der Waals surface area contributed by atoms with E-state index in [9.17, 15) is 13.2 Å². The second-order valence-electron chi connectivity index (χ2n) is 4.33. The van der Waals surface area contributed by atoms with Crippen molar-refractivity contribution >= 4 is 21.6 Å². The molecule has 2 aromatic carbocycles. The van der Waals surface area contributed by atoms with Crippen LogP contribution in [-0.4, -0.2) is 21.4 Å². The average Bonchev–Trinajstić information content (AvgIpc) is 2.54. The van der Waals surface area contributed by atoms with Gasteiger partial charge < -0.3 is 4.74 Å². The number of carbonyl (C=O) groups excluding carboxylic acids is 1. The minimum absolute atomic E-state index is 0.0388. The summed E-state index contributed by atoms with van der Waals surface area (Å²) in [6.45, 7) is 0. The maximum absolute atomic E-state index is 12.2. The first-order valence-electron chi connectivity index (χ1n) is 6.24. The van der Waals surface area contributed by atoms with Crippen molar-refractivity contribution in [1.82, 2.24) is 5.43 Å². The normalized spacial score (nSPS) is 10.8. The van der Waals surface area contributed by atoms with E-state index in [4.69, 9.17) is 10.6 Å². The lowest BCUT2D eigenvalue weighted by Crippen LogP contribution is -2.29. The number of rotatable bonds is 5. The molecule has 8 heteroatoms. The van der Waals surface area contributed by atoms with Gasteiger partial charge >= 0.3 is 0 Å². The number of benzene rings is 2. The van der Waals surface area contributed by atoms with Crippen molar-refractivity contribution in [3.05, 3.63) is 54.1 Å². The van der Waals surface area contributed by atoms with Gasteiger partial charge in [0.1, 0.15) is 5.75 Å². The molecule has 0 aliphatic rings. The molecule has 0 aromatic heterocycles. The Labute approximate surface area is 128 Å². The number of hydrogen-bond donors (Lipinski definition) is 3. The monoisotopic (exact) mass is 321 g/mol. The van der Waals surface area contributed by atoms with Crippen molar-refractivity contribution in [2.45, 2.75) is 4.90 Å². The van der Waals surface area contributed by atoms with Crippen molar-refractivity contribution in [3.8, 4) is 5.75 Å². The first kappa shape index (κ1) is 15.8. The fraction of sp³-hybridized carbons (Fsp3) is 0.0714. The fourth-order valence-electron chi connectivity index (χ4n) is 1.74. The van der Waals surface area contributed by atoms with Crippen LogP contribution in [0.25, 0.3) is 0 Å². The van der Waals surface area contributed by atoms with Gasteiger partial charge in [-0.3, -0.25) is 14.9 Å². The van der Waals surface area contributed by atoms with E-state index < -0.39 is 15.9 Å². The molecule has 7 nitrogen and oxygen atoms in total. The van der Waals surface area contributed by atoms with Crippen LogP contribution in [0.5, 0.6) is 5.75 Å². The molecule has 2 aromatic rings. The molecule has 0 heterocycles. The summed E-state index contributed by atoms with van der Waals surface area (Å²) < 4.78 is 31.9. The molecule has 2 rings (SSSR count). The zero-order valence-electron chi connectivity index (χ0n) is 11.7. The van der Waals surface area contributed by atoms with E-state index in [-0.39, 0.29) is 10.5 Å². The minimum Gasteiger partial charge on any atom is -0.497 e. The first-order valence-corrected chi connectivity index (χ1v) is 7.72. The minimum atomic E-state index is -3.74. The third kappa shape index (κ3) is 3.54. The summed E-state index contributed by atoms with van der Waals surface area (Å²) in [5.41, 5.74) is 2.65. The molecular weight excluding hydrogens is 306 g/mol. The number of nitrogens with one attached hydrogen (secondary N) is 2. The topological polar surface area (TPSA) is 111 Å². The second kappa shape index (κ2) is 6.46. The van der Waals surface area contributed by atoms with E-state index in [0.29, 0.717) is 11.4 Å². The molecule has 0 aliphatic heterocycles. The van der Waals surface area contributed by atoms with E-state index in [1.165, 1.54) is 31.4 Å². The number of sulfonamides is 1. The third-order valence-corrected chi connectivity index (χ3v) is 4.30. The van der Waals surface area contributed by atoms with Crippen molar-refractivity contribution < 1.29 is 17.9 Å². The molecule has 0 saturated heterocycles. The van der Waals surface area contributed by atoms with Gasteiger partial charge in [-0.05, 0) is 48.5 Å². The van der Waals surface area contributed by atoms with Crippen molar-refractivity contribution in [3.63, 3.8) is 0 Å². The highest BCUT2D eigenvalue weighted by molar-refractivity contribution is 7.92. The number of hydrazine groups is 1. The van der Waals surface area contributed by atoms with Gasteiger partial charge in [-0.1, -0.05) is 0 Å². The maximum Gasteiger partial charge on any atom is 0.265 e. The van der Waals surface area contributed by atoms with Gasteiger partial charge in [0, 0.05) is 11.3 Å². The fourth-order valence-corrected chi connectivity index (χ4v) is 2.80. The SMILES string of the molecule is COc1ccc(NS(=O)(=O)c2ccc(C(=O)NN)cc2)cc1. The lowest BCUT2D eigenvalue weighted by Gasteiger charge is -2.09. The molecule has 0 spiro atoms. The Bertz CT molecular complexity index is 756.